The molecule has 8 heteroatoms. The van der Waals surface area contributed by atoms with E-state index in [4.69, 9.17) is 14.6 Å². The van der Waals surface area contributed by atoms with Crippen LogP contribution in [0.1, 0.15) is 17.2 Å². The smallest absolute Gasteiger partial charge is 0.295 e. The maximum absolute atomic E-state index is 12.8. The van der Waals surface area contributed by atoms with Gasteiger partial charge in [0.2, 0.25) is 0 Å². The Morgan fingerprint density at radius 2 is 1.70 bits per heavy atom. The van der Waals surface area contributed by atoms with E-state index in [1.807, 2.05) is 0 Å². The molecule has 30 heavy (non-hydrogen) atoms. The minimum absolute atomic E-state index is 0.0390. The number of methoxy groups -OCH3 is 1. The van der Waals surface area contributed by atoms with E-state index in [1.165, 1.54) is 24.1 Å². The highest BCUT2D eigenvalue weighted by Gasteiger charge is 2.45. The Labute approximate surface area is 173 Å². The number of phenols is 1. The lowest BCUT2D eigenvalue weighted by molar-refractivity contribution is -0.140. The van der Waals surface area contributed by atoms with E-state index in [0.717, 1.165) is 0 Å². The van der Waals surface area contributed by atoms with Crippen LogP contribution in [-0.4, -0.2) is 65.4 Å². The number of hydrogen-bond donors (Lipinski definition) is 3. The maximum atomic E-state index is 12.8. The van der Waals surface area contributed by atoms with Gasteiger partial charge in [-0.3, -0.25) is 9.59 Å². The summed E-state index contributed by atoms with van der Waals surface area (Å²) < 4.78 is 10.4. The van der Waals surface area contributed by atoms with Gasteiger partial charge >= 0.3 is 0 Å². The number of ketones is 1. The first-order valence-electron chi connectivity index (χ1n) is 9.38. The van der Waals surface area contributed by atoms with Crippen molar-refractivity contribution in [2.24, 2.45) is 0 Å². The Morgan fingerprint density at radius 3 is 2.30 bits per heavy atom. The molecule has 2 aromatic rings. The molecule has 0 spiro atoms. The van der Waals surface area contributed by atoms with Gasteiger partial charge in [0, 0.05) is 12.1 Å². The quantitative estimate of drug-likeness (QED) is 0.262. The van der Waals surface area contributed by atoms with Crippen LogP contribution in [-0.2, 0) is 14.3 Å². The molecule has 3 N–H and O–H groups in total. The Hall–Kier alpha value is -3.36. The molecule has 0 aliphatic carbocycles. The van der Waals surface area contributed by atoms with Crippen LogP contribution in [0.15, 0.2) is 54.1 Å². The summed E-state index contributed by atoms with van der Waals surface area (Å²) >= 11 is 0. The first kappa shape index (κ1) is 21.4. The number of carbonyl (C=O) groups is 2. The molecule has 1 aliphatic heterocycles. The molecule has 2 aromatic carbocycles. The molecule has 1 aliphatic rings. The zero-order valence-electron chi connectivity index (χ0n) is 16.4. The van der Waals surface area contributed by atoms with Crippen LogP contribution in [0.4, 0.5) is 0 Å². The monoisotopic (exact) mass is 413 g/mol. The van der Waals surface area contributed by atoms with Gasteiger partial charge in [0.1, 0.15) is 17.3 Å². The SMILES string of the molecule is COc1ccc(/C(O)=C2\C(=O)C(=O)N(CCOCCO)C2c2ccc(O)cc2)cc1. The van der Waals surface area contributed by atoms with Gasteiger partial charge in [-0.15, -0.1) is 0 Å². The van der Waals surface area contributed by atoms with Crippen molar-refractivity contribution in [2.45, 2.75) is 6.04 Å². The number of benzene rings is 2. The van der Waals surface area contributed by atoms with Crippen molar-refractivity contribution in [3.63, 3.8) is 0 Å². The van der Waals surface area contributed by atoms with Gasteiger partial charge in [0.15, 0.2) is 0 Å². The third-order valence-corrected chi connectivity index (χ3v) is 4.82. The second-order valence-electron chi connectivity index (χ2n) is 6.65. The third-order valence-electron chi connectivity index (χ3n) is 4.82. The van der Waals surface area contributed by atoms with Crippen LogP contribution >= 0.6 is 0 Å². The molecule has 0 saturated carbocycles. The van der Waals surface area contributed by atoms with Crippen molar-refractivity contribution < 1.29 is 34.4 Å². The minimum Gasteiger partial charge on any atom is -0.508 e. The summed E-state index contributed by atoms with van der Waals surface area (Å²) in [6, 6.07) is 11.7. The number of aliphatic hydroxyl groups excluding tert-OH is 2. The van der Waals surface area contributed by atoms with E-state index in [-0.39, 0.29) is 43.4 Å². The molecule has 8 nitrogen and oxygen atoms in total. The molecule has 0 bridgehead atoms. The molecule has 0 aromatic heterocycles. The molecule has 1 unspecified atom stereocenters. The van der Waals surface area contributed by atoms with Crippen molar-refractivity contribution in [1.29, 1.82) is 0 Å². The highest BCUT2D eigenvalue weighted by Crippen LogP contribution is 2.39. The van der Waals surface area contributed by atoms with E-state index in [0.29, 0.717) is 16.9 Å². The Kier molecular flexibility index (Phi) is 6.71. The molecular formula is C22H23NO7. The predicted molar refractivity (Wildman–Crippen MR) is 108 cm³/mol. The van der Waals surface area contributed by atoms with Crippen molar-refractivity contribution in [2.75, 3.05) is 33.5 Å². The summed E-state index contributed by atoms with van der Waals surface area (Å²) in [7, 11) is 1.52. The molecule has 3 rings (SSSR count). The highest BCUT2D eigenvalue weighted by molar-refractivity contribution is 6.46. The summed E-state index contributed by atoms with van der Waals surface area (Å²) in [5.74, 6) is -1.23. The summed E-state index contributed by atoms with van der Waals surface area (Å²) in [6.45, 7) is 0.164. The molecule has 158 valence electrons. The van der Waals surface area contributed by atoms with Crippen molar-refractivity contribution in [1.82, 2.24) is 4.90 Å². The van der Waals surface area contributed by atoms with Crippen LogP contribution in [0.5, 0.6) is 11.5 Å². The second-order valence-corrected chi connectivity index (χ2v) is 6.65. The lowest BCUT2D eigenvalue weighted by atomic mass is 9.95. The molecule has 1 saturated heterocycles. The molecule has 1 amide bonds. The van der Waals surface area contributed by atoms with Crippen molar-refractivity contribution in [3.05, 3.63) is 65.2 Å². The standard InChI is InChI=1S/C22H23NO7/c1-29-17-8-4-15(5-9-17)20(26)18-19(14-2-6-16(25)7-3-14)23(22(28)21(18)27)10-12-30-13-11-24/h2-9,19,24-26H,10-13H2,1H3/b20-18+. The number of hydrogen-bond acceptors (Lipinski definition) is 7. The second kappa shape index (κ2) is 9.43. The van der Waals surface area contributed by atoms with Gasteiger partial charge in [-0.05, 0) is 42.0 Å². The normalized spacial score (nSPS) is 18.1. The Morgan fingerprint density at radius 1 is 1.03 bits per heavy atom. The first-order valence-corrected chi connectivity index (χ1v) is 9.38. The van der Waals surface area contributed by atoms with Crippen LogP contribution in [0.3, 0.4) is 0 Å². The van der Waals surface area contributed by atoms with Crippen molar-refractivity contribution >= 4 is 17.4 Å². The van der Waals surface area contributed by atoms with E-state index in [9.17, 15) is 19.8 Å². The number of amides is 1. The number of likely N-dealkylation sites (tertiary alicyclic amines) is 1. The average molecular weight is 413 g/mol. The summed E-state index contributed by atoms with van der Waals surface area (Å²) in [6.07, 6.45) is 0. The summed E-state index contributed by atoms with van der Waals surface area (Å²) in [4.78, 5) is 26.9. The number of carbonyl (C=O) groups excluding carboxylic acids is 2. The minimum atomic E-state index is -0.842. The lowest BCUT2D eigenvalue weighted by Crippen LogP contribution is -2.33. The zero-order valence-corrected chi connectivity index (χ0v) is 16.4. The van der Waals surface area contributed by atoms with E-state index in [1.54, 1.807) is 36.4 Å². The molecule has 1 heterocycles. The number of Topliss-reactive ketones (excluding diaryl/α,β-unsaturated/α-hetero) is 1. The van der Waals surface area contributed by atoms with Gasteiger partial charge in [0.25, 0.3) is 11.7 Å². The van der Waals surface area contributed by atoms with Crippen LogP contribution in [0, 0.1) is 0 Å². The highest BCUT2D eigenvalue weighted by atomic mass is 16.5. The summed E-state index contributed by atoms with van der Waals surface area (Å²) in [5.41, 5.74) is 0.886. The fraction of sp³-hybridized carbons (Fsp3) is 0.273. The molecule has 1 fully saturated rings. The topological polar surface area (TPSA) is 117 Å². The van der Waals surface area contributed by atoms with Gasteiger partial charge in [-0.1, -0.05) is 12.1 Å². The van der Waals surface area contributed by atoms with E-state index in [2.05, 4.69) is 0 Å². The number of phenolic OH excluding ortho intramolecular Hbond substituents is 1. The molecule has 0 radical (unpaired) electrons. The van der Waals surface area contributed by atoms with Gasteiger partial charge < -0.3 is 29.7 Å². The fourth-order valence-electron chi connectivity index (χ4n) is 3.35. The van der Waals surface area contributed by atoms with E-state index >= 15 is 0 Å². The lowest BCUT2D eigenvalue weighted by Gasteiger charge is -2.25. The van der Waals surface area contributed by atoms with Gasteiger partial charge in [-0.2, -0.15) is 0 Å². The van der Waals surface area contributed by atoms with Crippen LogP contribution in [0.25, 0.3) is 5.76 Å². The fourth-order valence-corrected chi connectivity index (χ4v) is 3.35. The number of rotatable bonds is 8. The van der Waals surface area contributed by atoms with Gasteiger partial charge in [0.05, 0.1) is 38.5 Å². The number of ether oxygens (including phenoxy) is 2. The maximum Gasteiger partial charge on any atom is 0.295 e. The molecule has 1 atom stereocenters. The van der Waals surface area contributed by atoms with Crippen LogP contribution in [0.2, 0.25) is 0 Å². The third kappa shape index (κ3) is 4.29. The number of nitrogens with zero attached hydrogens (tertiary/aromatic N) is 1. The first-order chi connectivity index (χ1) is 14.5. The predicted octanol–water partition coefficient (Wildman–Crippen LogP) is 1.83. The average Bonchev–Trinajstić information content (AvgIpc) is 3.01. The number of aromatic hydroxyl groups is 1. The summed E-state index contributed by atoms with van der Waals surface area (Å²) in [5, 5.41) is 29.4. The van der Waals surface area contributed by atoms with Gasteiger partial charge in [-0.25, -0.2) is 0 Å². The van der Waals surface area contributed by atoms with E-state index < -0.39 is 17.7 Å². The zero-order chi connectivity index (χ0) is 21.7. The Bertz CT molecular complexity index is 935. The van der Waals surface area contributed by atoms with Crippen molar-refractivity contribution in [3.8, 4) is 11.5 Å². The largest absolute Gasteiger partial charge is 0.508 e. The Balaban J connectivity index is 2.04. The molecular weight excluding hydrogens is 390 g/mol. The number of aliphatic hydroxyl groups is 2. The van der Waals surface area contributed by atoms with Crippen LogP contribution < -0.4 is 4.74 Å².